The number of aryl methyl sites for hydroxylation is 1. The molecule has 0 atom stereocenters. The van der Waals surface area contributed by atoms with Crippen LogP contribution in [-0.2, 0) is 21.1 Å². The molecule has 176 valence electrons. The highest BCUT2D eigenvalue weighted by molar-refractivity contribution is 7.91. The number of rotatable bonds is 4. The highest BCUT2D eigenvalue weighted by Gasteiger charge is 2.36. The predicted octanol–water partition coefficient (Wildman–Crippen LogP) is 4.43. The number of fused-ring (bicyclic) bond motifs is 2. The molecule has 1 amide bonds. The van der Waals surface area contributed by atoms with E-state index in [1.165, 1.54) is 42.3 Å². The lowest BCUT2D eigenvalue weighted by Gasteiger charge is -2.22. The Hall–Kier alpha value is -4.24. The van der Waals surface area contributed by atoms with Crippen LogP contribution in [0.25, 0.3) is 11.5 Å². The Balaban J connectivity index is 1.69. The molecule has 1 aliphatic rings. The molecule has 0 aliphatic carbocycles. The molecule has 0 unspecified atom stereocenters. The summed E-state index contributed by atoms with van der Waals surface area (Å²) in [5.74, 6) is -0.309. The molecule has 5 rings (SSSR count). The number of amides is 1. The smallest absolute Gasteiger partial charge is 0.337 e. The fraction of sp³-hybridized carbons (Fsp3) is 0.115. The third-order valence-corrected chi connectivity index (χ3v) is 7.69. The molecule has 0 spiro atoms. The van der Waals surface area contributed by atoms with Crippen molar-refractivity contribution in [2.75, 3.05) is 12.0 Å². The van der Waals surface area contributed by atoms with Gasteiger partial charge in [0, 0.05) is 5.56 Å². The molecule has 1 aromatic heterocycles. The first-order valence-electron chi connectivity index (χ1n) is 10.7. The minimum absolute atomic E-state index is 0.0350. The molecule has 9 heteroatoms. The zero-order valence-electron chi connectivity index (χ0n) is 18.9. The highest BCUT2D eigenvalue weighted by Crippen LogP contribution is 2.38. The minimum Gasteiger partial charge on any atom is -0.465 e. The van der Waals surface area contributed by atoms with Crippen LogP contribution >= 0.6 is 0 Å². The summed E-state index contributed by atoms with van der Waals surface area (Å²) >= 11 is 0. The summed E-state index contributed by atoms with van der Waals surface area (Å²) in [5.41, 5.74) is 1.45. The molecule has 0 fully saturated rings. The van der Waals surface area contributed by atoms with E-state index in [0.717, 1.165) is 5.56 Å². The number of oxazole rings is 1. The number of ether oxygens (including phenoxy) is 1. The average molecular weight is 489 g/mol. The van der Waals surface area contributed by atoms with Gasteiger partial charge in [0.25, 0.3) is 5.91 Å². The first kappa shape index (κ1) is 22.5. The summed E-state index contributed by atoms with van der Waals surface area (Å²) in [6.45, 7) is 1.66. The number of methoxy groups -OCH3 is 1. The second-order valence-electron chi connectivity index (χ2n) is 7.95. The number of nitrogens with zero attached hydrogens (tertiary/aromatic N) is 2. The molecule has 8 nitrogen and oxygen atoms in total. The molecule has 0 bridgehead atoms. The van der Waals surface area contributed by atoms with Gasteiger partial charge in [-0.1, -0.05) is 30.3 Å². The third kappa shape index (κ3) is 3.79. The largest absolute Gasteiger partial charge is 0.465 e. The van der Waals surface area contributed by atoms with E-state index in [0.29, 0.717) is 17.3 Å². The maximum Gasteiger partial charge on any atom is 0.337 e. The lowest BCUT2D eigenvalue weighted by atomic mass is 10.1. The maximum absolute atomic E-state index is 13.7. The van der Waals surface area contributed by atoms with Crippen molar-refractivity contribution in [2.24, 2.45) is 0 Å². The number of carbonyl (C=O) groups excluding carboxylic acids is 2. The second kappa shape index (κ2) is 8.52. The van der Waals surface area contributed by atoms with E-state index < -0.39 is 21.7 Å². The zero-order valence-corrected chi connectivity index (χ0v) is 19.7. The van der Waals surface area contributed by atoms with E-state index in [2.05, 4.69) is 4.98 Å². The van der Waals surface area contributed by atoms with Crippen molar-refractivity contribution in [1.82, 2.24) is 4.98 Å². The summed E-state index contributed by atoms with van der Waals surface area (Å²) in [6.07, 6.45) is 0. The van der Waals surface area contributed by atoms with Crippen LogP contribution in [0.4, 0.5) is 5.69 Å². The van der Waals surface area contributed by atoms with Crippen molar-refractivity contribution in [3.63, 3.8) is 0 Å². The molecule has 4 aromatic rings. The Bertz CT molecular complexity index is 1570. The first-order chi connectivity index (χ1) is 16.8. The lowest BCUT2D eigenvalue weighted by Crippen LogP contribution is -2.31. The van der Waals surface area contributed by atoms with Gasteiger partial charge in [-0.25, -0.2) is 18.2 Å². The van der Waals surface area contributed by atoms with Gasteiger partial charge in [0.2, 0.25) is 15.7 Å². The van der Waals surface area contributed by atoms with Crippen molar-refractivity contribution in [1.29, 1.82) is 0 Å². The van der Waals surface area contributed by atoms with Crippen LogP contribution in [0.2, 0.25) is 0 Å². The van der Waals surface area contributed by atoms with Gasteiger partial charge in [-0.15, -0.1) is 0 Å². The standard InChI is InChI=1S/C26H20N2O6S/c1-16-20(27-24(34-16)17-8-4-3-5-9-17)15-28-21-14-18(26(30)33-2)12-13-23(21)35(31,32)22-11-7-6-10-19(22)25(28)29/h3-14H,15H2,1-2H3. The number of esters is 1. The van der Waals surface area contributed by atoms with Crippen LogP contribution in [-0.4, -0.2) is 32.4 Å². The molecule has 2 heterocycles. The summed E-state index contributed by atoms with van der Waals surface area (Å²) < 4.78 is 37.7. The minimum atomic E-state index is -4.05. The summed E-state index contributed by atoms with van der Waals surface area (Å²) in [6, 6.07) is 19.4. The predicted molar refractivity (Wildman–Crippen MR) is 127 cm³/mol. The molecule has 0 N–H and O–H groups in total. The molecule has 0 saturated heterocycles. The van der Waals surface area contributed by atoms with Crippen molar-refractivity contribution in [2.45, 2.75) is 23.3 Å². The Morgan fingerprint density at radius 3 is 2.46 bits per heavy atom. The van der Waals surface area contributed by atoms with Gasteiger partial charge < -0.3 is 14.1 Å². The number of hydrogen-bond acceptors (Lipinski definition) is 7. The van der Waals surface area contributed by atoms with Gasteiger partial charge in [0.15, 0.2) is 0 Å². The van der Waals surface area contributed by atoms with Crippen LogP contribution in [0.15, 0.2) is 87.0 Å². The topological polar surface area (TPSA) is 107 Å². The Morgan fingerprint density at radius 2 is 1.71 bits per heavy atom. The van der Waals surface area contributed by atoms with Gasteiger partial charge in [-0.3, -0.25) is 4.79 Å². The maximum atomic E-state index is 13.7. The monoisotopic (exact) mass is 488 g/mol. The highest BCUT2D eigenvalue weighted by atomic mass is 32.2. The van der Waals surface area contributed by atoms with Gasteiger partial charge >= 0.3 is 5.97 Å². The Morgan fingerprint density at radius 1 is 1.00 bits per heavy atom. The van der Waals surface area contributed by atoms with Gasteiger partial charge in [-0.05, 0) is 49.4 Å². The van der Waals surface area contributed by atoms with Crippen molar-refractivity contribution < 1.29 is 27.2 Å². The van der Waals surface area contributed by atoms with Crippen molar-refractivity contribution in [3.8, 4) is 11.5 Å². The Labute approximate surface area is 201 Å². The number of benzene rings is 3. The quantitative estimate of drug-likeness (QED) is 0.391. The van der Waals surface area contributed by atoms with E-state index in [9.17, 15) is 18.0 Å². The van der Waals surface area contributed by atoms with Crippen LogP contribution in [0.1, 0.15) is 32.2 Å². The fourth-order valence-corrected chi connectivity index (χ4v) is 5.67. The van der Waals surface area contributed by atoms with Gasteiger partial charge in [0.1, 0.15) is 11.5 Å². The van der Waals surface area contributed by atoms with Gasteiger partial charge in [0.05, 0.1) is 40.3 Å². The molecular formula is C26H20N2O6S. The number of sulfone groups is 1. The van der Waals surface area contributed by atoms with E-state index in [-0.39, 0.29) is 33.2 Å². The van der Waals surface area contributed by atoms with Crippen molar-refractivity contribution >= 4 is 27.4 Å². The second-order valence-corrected chi connectivity index (χ2v) is 9.84. The summed E-state index contributed by atoms with van der Waals surface area (Å²) in [4.78, 5) is 31.6. The molecule has 0 saturated carbocycles. The van der Waals surface area contributed by atoms with Crippen LogP contribution in [0.3, 0.4) is 0 Å². The fourth-order valence-electron chi connectivity index (χ4n) is 4.04. The summed E-state index contributed by atoms with van der Waals surface area (Å²) in [5, 5.41) is 0. The lowest BCUT2D eigenvalue weighted by molar-refractivity contribution is 0.0600. The first-order valence-corrected chi connectivity index (χ1v) is 12.2. The van der Waals surface area contributed by atoms with Crippen LogP contribution in [0.5, 0.6) is 0 Å². The molecule has 1 aliphatic heterocycles. The zero-order chi connectivity index (χ0) is 24.7. The van der Waals surface area contributed by atoms with E-state index in [1.807, 2.05) is 30.3 Å². The third-order valence-electron chi connectivity index (χ3n) is 5.83. The summed E-state index contributed by atoms with van der Waals surface area (Å²) in [7, 11) is -2.82. The SMILES string of the molecule is COC(=O)c1ccc2c(c1)N(Cc1nc(-c3ccccc3)oc1C)C(=O)c1ccccc1S2(=O)=O. The molecular weight excluding hydrogens is 468 g/mol. The van der Waals surface area contributed by atoms with E-state index >= 15 is 0 Å². The van der Waals surface area contributed by atoms with Crippen LogP contribution in [0, 0.1) is 6.92 Å². The average Bonchev–Trinajstić information content (AvgIpc) is 3.23. The number of carbonyl (C=O) groups is 2. The number of anilines is 1. The Kier molecular flexibility index (Phi) is 5.49. The number of aromatic nitrogens is 1. The molecule has 35 heavy (non-hydrogen) atoms. The van der Waals surface area contributed by atoms with Gasteiger partial charge in [-0.2, -0.15) is 0 Å². The van der Waals surface area contributed by atoms with E-state index in [1.54, 1.807) is 19.1 Å². The van der Waals surface area contributed by atoms with Crippen molar-refractivity contribution in [3.05, 3.63) is 95.4 Å². The van der Waals surface area contributed by atoms with E-state index in [4.69, 9.17) is 9.15 Å². The number of hydrogen-bond donors (Lipinski definition) is 0. The molecule has 0 radical (unpaired) electrons. The normalized spacial score (nSPS) is 14.1. The molecule has 3 aromatic carbocycles. The van der Waals surface area contributed by atoms with Crippen LogP contribution < -0.4 is 4.90 Å².